The summed E-state index contributed by atoms with van der Waals surface area (Å²) in [6.07, 6.45) is -0.0217. The summed E-state index contributed by atoms with van der Waals surface area (Å²) in [7, 11) is -0.934. The minimum absolute atomic E-state index is 0.00542. The standard InChI is InChI=1S/C40H51O4P/c1-26(2)41-33-22-16-23-34(42-27(3)4)37(33)31-20-15-21-32(39(31)45(40(9,10)11)30-18-13-12-14-19-30)38-35(43-28(5)6)24-17-25-36(38)44-29(7)8/h12-29H,1-11H3. The number of hydrogen-bond donors (Lipinski definition) is 0. The van der Waals surface area contributed by atoms with E-state index in [1.165, 1.54) is 10.6 Å². The van der Waals surface area contributed by atoms with Crippen molar-refractivity contribution in [3.63, 3.8) is 0 Å². The van der Waals surface area contributed by atoms with E-state index >= 15 is 0 Å². The number of ether oxygens (including phenoxy) is 4. The Morgan fingerprint density at radius 3 is 1.09 bits per heavy atom. The Kier molecular flexibility index (Phi) is 11.3. The molecule has 0 amide bonds. The highest BCUT2D eigenvalue weighted by Crippen LogP contribution is 2.55. The first-order valence-corrected chi connectivity index (χ1v) is 17.5. The van der Waals surface area contributed by atoms with E-state index < -0.39 is 7.92 Å². The normalized spacial score (nSPS) is 12.6. The molecule has 0 aliphatic rings. The molecular formula is C40H51O4P. The Morgan fingerprint density at radius 2 is 0.778 bits per heavy atom. The maximum absolute atomic E-state index is 6.52. The zero-order valence-electron chi connectivity index (χ0n) is 29.0. The van der Waals surface area contributed by atoms with Crippen molar-refractivity contribution >= 4 is 18.5 Å². The summed E-state index contributed by atoms with van der Waals surface area (Å²) in [6.45, 7) is 23.6. The van der Waals surface area contributed by atoms with Crippen LogP contribution in [0.15, 0.2) is 84.9 Å². The molecule has 5 heteroatoms. The monoisotopic (exact) mass is 626 g/mol. The van der Waals surface area contributed by atoms with Crippen molar-refractivity contribution < 1.29 is 18.9 Å². The highest BCUT2D eigenvalue weighted by molar-refractivity contribution is 7.74. The third-order valence-corrected chi connectivity index (χ3v) is 10.00. The summed E-state index contributed by atoms with van der Waals surface area (Å²) in [6, 6.07) is 29.8. The Balaban J connectivity index is 2.23. The van der Waals surface area contributed by atoms with E-state index in [0.717, 1.165) is 45.3 Å². The maximum atomic E-state index is 6.52. The van der Waals surface area contributed by atoms with Crippen LogP contribution in [0.1, 0.15) is 76.2 Å². The fourth-order valence-electron chi connectivity index (χ4n) is 5.58. The quantitative estimate of drug-likeness (QED) is 0.147. The van der Waals surface area contributed by atoms with E-state index in [4.69, 9.17) is 18.9 Å². The number of rotatable bonds is 12. The largest absolute Gasteiger partial charge is 0.490 e. The molecule has 4 aromatic carbocycles. The van der Waals surface area contributed by atoms with Gasteiger partial charge in [0, 0.05) is 0 Å². The summed E-state index contributed by atoms with van der Waals surface area (Å²) >= 11 is 0. The van der Waals surface area contributed by atoms with Gasteiger partial charge in [-0.2, -0.15) is 0 Å². The van der Waals surface area contributed by atoms with Crippen molar-refractivity contribution in [1.82, 2.24) is 0 Å². The second-order valence-electron chi connectivity index (χ2n) is 13.5. The molecule has 1 atom stereocenters. The van der Waals surface area contributed by atoms with E-state index in [1.807, 2.05) is 12.1 Å². The predicted octanol–water partition coefficient (Wildman–Crippen LogP) is 10.4. The lowest BCUT2D eigenvalue weighted by Gasteiger charge is -2.36. The van der Waals surface area contributed by atoms with Crippen LogP contribution in [0.5, 0.6) is 23.0 Å². The molecule has 0 bridgehead atoms. The van der Waals surface area contributed by atoms with Crippen LogP contribution < -0.4 is 29.6 Å². The van der Waals surface area contributed by atoms with E-state index in [1.54, 1.807) is 0 Å². The zero-order valence-corrected chi connectivity index (χ0v) is 29.9. The molecule has 0 saturated carbocycles. The topological polar surface area (TPSA) is 36.9 Å². The summed E-state index contributed by atoms with van der Waals surface area (Å²) in [4.78, 5) is 0. The van der Waals surface area contributed by atoms with Gasteiger partial charge in [0.25, 0.3) is 0 Å². The highest BCUT2D eigenvalue weighted by Gasteiger charge is 2.35. The second-order valence-corrected chi connectivity index (χ2v) is 16.4. The van der Waals surface area contributed by atoms with Crippen molar-refractivity contribution in [1.29, 1.82) is 0 Å². The maximum Gasteiger partial charge on any atom is 0.131 e. The van der Waals surface area contributed by atoms with Crippen LogP contribution in [0.3, 0.4) is 0 Å². The molecule has 0 aromatic heterocycles. The molecule has 0 saturated heterocycles. The molecule has 0 heterocycles. The molecule has 0 radical (unpaired) electrons. The summed E-state index contributed by atoms with van der Waals surface area (Å²) < 4.78 is 26.1. The Bertz CT molecular complexity index is 1410. The van der Waals surface area contributed by atoms with Crippen molar-refractivity contribution in [3.05, 3.63) is 84.9 Å². The molecule has 0 aliphatic heterocycles. The van der Waals surface area contributed by atoms with Crippen molar-refractivity contribution in [3.8, 4) is 45.3 Å². The van der Waals surface area contributed by atoms with Crippen LogP contribution in [0, 0.1) is 0 Å². The van der Waals surface area contributed by atoms with Crippen LogP contribution in [-0.4, -0.2) is 29.6 Å². The molecule has 4 nitrogen and oxygen atoms in total. The summed E-state index contributed by atoms with van der Waals surface area (Å²) in [5.74, 6) is 3.24. The van der Waals surface area contributed by atoms with Gasteiger partial charge in [-0.05, 0) is 114 Å². The molecule has 0 N–H and O–H groups in total. The van der Waals surface area contributed by atoms with Crippen LogP contribution >= 0.6 is 7.92 Å². The fraction of sp³-hybridized carbons (Fsp3) is 0.400. The van der Waals surface area contributed by atoms with Crippen LogP contribution in [0.2, 0.25) is 0 Å². The van der Waals surface area contributed by atoms with Gasteiger partial charge in [-0.1, -0.05) is 81.4 Å². The van der Waals surface area contributed by atoms with Gasteiger partial charge in [-0.15, -0.1) is 0 Å². The Labute approximate surface area is 272 Å². The zero-order chi connectivity index (χ0) is 32.9. The molecule has 240 valence electrons. The van der Waals surface area contributed by atoms with Crippen LogP contribution in [0.4, 0.5) is 0 Å². The third-order valence-electron chi connectivity index (χ3n) is 6.91. The van der Waals surface area contributed by atoms with Gasteiger partial charge in [0.1, 0.15) is 23.0 Å². The van der Waals surface area contributed by atoms with Gasteiger partial charge in [0.2, 0.25) is 0 Å². The average Bonchev–Trinajstić information content (AvgIpc) is 2.93. The molecule has 0 spiro atoms. The lowest BCUT2D eigenvalue weighted by atomic mass is 9.96. The predicted molar refractivity (Wildman–Crippen MR) is 193 cm³/mol. The van der Waals surface area contributed by atoms with Gasteiger partial charge < -0.3 is 18.9 Å². The van der Waals surface area contributed by atoms with Gasteiger partial charge in [0.15, 0.2) is 0 Å². The first kappa shape index (κ1) is 34.4. The third kappa shape index (κ3) is 8.41. The van der Waals surface area contributed by atoms with Crippen LogP contribution in [-0.2, 0) is 0 Å². The molecular weight excluding hydrogens is 575 g/mol. The smallest absolute Gasteiger partial charge is 0.131 e. The summed E-state index contributed by atoms with van der Waals surface area (Å²) in [5, 5.41) is 2.45. The second kappa shape index (κ2) is 14.7. The molecule has 0 fully saturated rings. The number of hydrogen-bond acceptors (Lipinski definition) is 4. The van der Waals surface area contributed by atoms with Gasteiger partial charge in [-0.25, -0.2) is 0 Å². The minimum Gasteiger partial charge on any atom is -0.490 e. The highest BCUT2D eigenvalue weighted by atomic mass is 31.1. The molecule has 45 heavy (non-hydrogen) atoms. The fourth-order valence-corrected chi connectivity index (χ4v) is 8.61. The van der Waals surface area contributed by atoms with Gasteiger partial charge in [-0.3, -0.25) is 0 Å². The summed E-state index contributed by atoms with van der Waals surface area (Å²) in [5.41, 5.74) is 4.13. The van der Waals surface area contributed by atoms with E-state index in [-0.39, 0.29) is 29.6 Å². The van der Waals surface area contributed by atoms with E-state index in [2.05, 4.69) is 149 Å². The average molecular weight is 627 g/mol. The first-order valence-electron chi connectivity index (χ1n) is 16.2. The van der Waals surface area contributed by atoms with Crippen molar-refractivity contribution in [2.45, 2.75) is 106 Å². The lowest BCUT2D eigenvalue weighted by Crippen LogP contribution is -2.29. The molecule has 4 aromatic rings. The molecule has 0 aliphatic carbocycles. The number of benzene rings is 4. The van der Waals surface area contributed by atoms with Crippen molar-refractivity contribution in [2.24, 2.45) is 0 Å². The van der Waals surface area contributed by atoms with Gasteiger partial charge >= 0.3 is 0 Å². The van der Waals surface area contributed by atoms with Crippen molar-refractivity contribution in [2.75, 3.05) is 0 Å². The minimum atomic E-state index is -0.934. The molecule has 1 unspecified atom stereocenters. The van der Waals surface area contributed by atoms with E-state index in [9.17, 15) is 0 Å². The van der Waals surface area contributed by atoms with Crippen LogP contribution in [0.25, 0.3) is 22.3 Å². The lowest BCUT2D eigenvalue weighted by molar-refractivity contribution is 0.231. The Morgan fingerprint density at radius 1 is 0.444 bits per heavy atom. The van der Waals surface area contributed by atoms with E-state index in [0.29, 0.717) is 0 Å². The Hall–Kier alpha value is -3.49. The first-order chi connectivity index (χ1) is 21.3. The molecule has 4 rings (SSSR count). The van der Waals surface area contributed by atoms with Gasteiger partial charge in [0.05, 0.1) is 35.5 Å². The SMILES string of the molecule is CC(C)Oc1cccc(OC(C)C)c1-c1cccc(-c2c(OC(C)C)cccc2OC(C)C)c1P(c1ccccc1)C(C)(C)C.